The summed E-state index contributed by atoms with van der Waals surface area (Å²) in [6.07, 6.45) is 4.39. The Hall–Kier alpha value is 0.270. The number of thioether (sulfide) groups is 1. The summed E-state index contributed by atoms with van der Waals surface area (Å²) in [7, 11) is 0. The van der Waals surface area contributed by atoms with Crippen LogP contribution in [0.4, 0.5) is 0 Å². The van der Waals surface area contributed by atoms with E-state index in [0.717, 1.165) is 25.4 Å². The molecule has 68 valence electrons. The molecule has 0 aliphatic carbocycles. The zero-order chi connectivity index (χ0) is 8.36. The Labute approximate surface area is 73.6 Å². The van der Waals surface area contributed by atoms with Crippen LogP contribution >= 0.6 is 11.8 Å². The topological polar surface area (TPSA) is 18.5 Å². The number of hydrogen-bond donors (Lipinski definition) is 0. The highest BCUT2D eigenvalue weighted by Crippen LogP contribution is 1.92. The summed E-state index contributed by atoms with van der Waals surface area (Å²) in [5.41, 5.74) is 0. The van der Waals surface area contributed by atoms with Gasteiger partial charge in [0, 0.05) is 12.4 Å². The first-order valence-corrected chi connectivity index (χ1v) is 5.45. The third kappa shape index (κ3) is 10.3. The van der Waals surface area contributed by atoms with Crippen molar-refractivity contribution in [2.24, 2.45) is 0 Å². The molecule has 0 aromatic carbocycles. The van der Waals surface area contributed by atoms with Crippen LogP contribution in [0.3, 0.4) is 0 Å². The molecule has 0 spiro atoms. The Morgan fingerprint density at radius 3 is 2.55 bits per heavy atom. The van der Waals surface area contributed by atoms with Crippen LogP contribution in [0, 0.1) is 0 Å². The second-order valence-electron chi connectivity index (χ2n) is 2.28. The van der Waals surface area contributed by atoms with E-state index in [1.54, 1.807) is 11.8 Å². The SMILES string of the molecule is CCCCOCOCCSC. The van der Waals surface area contributed by atoms with Gasteiger partial charge in [0.15, 0.2) is 0 Å². The summed E-state index contributed by atoms with van der Waals surface area (Å²) in [5, 5.41) is 0. The van der Waals surface area contributed by atoms with Crippen molar-refractivity contribution in [3.8, 4) is 0 Å². The highest BCUT2D eigenvalue weighted by atomic mass is 32.2. The van der Waals surface area contributed by atoms with Gasteiger partial charge >= 0.3 is 0 Å². The predicted octanol–water partition coefficient (Wildman–Crippen LogP) is 2.14. The van der Waals surface area contributed by atoms with Crippen molar-refractivity contribution in [1.29, 1.82) is 0 Å². The van der Waals surface area contributed by atoms with E-state index in [1.807, 2.05) is 0 Å². The molecule has 0 heterocycles. The molecule has 11 heavy (non-hydrogen) atoms. The van der Waals surface area contributed by atoms with Gasteiger partial charge in [0.2, 0.25) is 0 Å². The van der Waals surface area contributed by atoms with Crippen molar-refractivity contribution in [3.63, 3.8) is 0 Å². The van der Waals surface area contributed by atoms with Crippen LogP contribution < -0.4 is 0 Å². The van der Waals surface area contributed by atoms with Crippen molar-refractivity contribution in [2.45, 2.75) is 19.8 Å². The second kappa shape index (κ2) is 10.3. The molecule has 0 aliphatic rings. The third-order valence-corrected chi connectivity index (χ3v) is 1.82. The van der Waals surface area contributed by atoms with Crippen LogP contribution in [-0.2, 0) is 9.47 Å². The Bertz CT molecular complexity index is 61.1. The maximum Gasteiger partial charge on any atom is 0.146 e. The van der Waals surface area contributed by atoms with Gasteiger partial charge in [-0.05, 0) is 12.7 Å². The standard InChI is InChI=1S/C8H18O2S/c1-3-4-5-9-8-10-6-7-11-2/h3-8H2,1-2H3. The lowest BCUT2D eigenvalue weighted by molar-refractivity contribution is -0.0489. The van der Waals surface area contributed by atoms with Gasteiger partial charge in [0.1, 0.15) is 6.79 Å². The number of ether oxygens (including phenoxy) is 2. The number of rotatable bonds is 8. The zero-order valence-corrected chi connectivity index (χ0v) is 8.28. The fourth-order valence-corrected chi connectivity index (χ4v) is 0.850. The van der Waals surface area contributed by atoms with E-state index in [1.165, 1.54) is 6.42 Å². The summed E-state index contributed by atoms with van der Waals surface area (Å²) in [4.78, 5) is 0. The van der Waals surface area contributed by atoms with Crippen LogP contribution in [-0.4, -0.2) is 32.0 Å². The minimum Gasteiger partial charge on any atom is -0.355 e. The Morgan fingerprint density at radius 2 is 1.91 bits per heavy atom. The van der Waals surface area contributed by atoms with Gasteiger partial charge in [-0.3, -0.25) is 0 Å². The molecule has 0 unspecified atom stereocenters. The summed E-state index contributed by atoms with van der Waals surface area (Å²) in [6.45, 7) is 4.24. The summed E-state index contributed by atoms with van der Waals surface area (Å²) < 4.78 is 10.4. The fraction of sp³-hybridized carbons (Fsp3) is 1.00. The van der Waals surface area contributed by atoms with Crippen LogP contribution in [0.5, 0.6) is 0 Å². The number of hydrogen-bond acceptors (Lipinski definition) is 3. The maximum atomic E-state index is 5.19. The molecule has 2 nitrogen and oxygen atoms in total. The Balaban J connectivity index is 2.69. The highest BCUT2D eigenvalue weighted by Gasteiger charge is 1.87. The van der Waals surface area contributed by atoms with Crippen LogP contribution in [0.25, 0.3) is 0 Å². The average Bonchev–Trinajstić information content (AvgIpc) is 2.03. The van der Waals surface area contributed by atoms with E-state index < -0.39 is 0 Å². The summed E-state index contributed by atoms with van der Waals surface area (Å²) >= 11 is 1.79. The van der Waals surface area contributed by atoms with Gasteiger partial charge in [-0.15, -0.1) is 0 Å². The first kappa shape index (κ1) is 11.3. The lowest BCUT2D eigenvalue weighted by atomic mass is 10.4. The largest absolute Gasteiger partial charge is 0.355 e. The first-order chi connectivity index (χ1) is 5.41. The summed E-state index contributed by atoms with van der Waals surface area (Å²) in [5.74, 6) is 1.05. The number of unbranched alkanes of at least 4 members (excludes halogenated alkanes) is 1. The molecule has 0 N–H and O–H groups in total. The lowest BCUT2D eigenvalue weighted by Gasteiger charge is -2.03. The molecular weight excluding hydrogens is 160 g/mol. The molecule has 0 atom stereocenters. The fourth-order valence-electron chi connectivity index (χ4n) is 0.565. The van der Waals surface area contributed by atoms with Crippen molar-refractivity contribution in [1.82, 2.24) is 0 Å². The summed E-state index contributed by atoms with van der Waals surface area (Å²) in [6, 6.07) is 0. The van der Waals surface area contributed by atoms with E-state index in [0.29, 0.717) is 6.79 Å². The van der Waals surface area contributed by atoms with E-state index in [9.17, 15) is 0 Å². The van der Waals surface area contributed by atoms with E-state index in [4.69, 9.17) is 9.47 Å². The van der Waals surface area contributed by atoms with Crippen LogP contribution in [0.15, 0.2) is 0 Å². The molecule has 0 radical (unpaired) electrons. The molecule has 0 amide bonds. The van der Waals surface area contributed by atoms with Gasteiger partial charge in [-0.2, -0.15) is 11.8 Å². The van der Waals surface area contributed by atoms with Gasteiger partial charge < -0.3 is 9.47 Å². The van der Waals surface area contributed by atoms with Gasteiger partial charge in [-0.25, -0.2) is 0 Å². The average molecular weight is 178 g/mol. The minimum absolute atomic E-state index is 0.459. The Morgan fingerprint density at radius 1 is 1.18 bits per heavy atom. The molecule has 0 aliphatic heterocycles. The van der Waals surface area contributed by atoms with Crippen molar-refractivity contribution in [3.05, 3.63) is 0 Å². The molecule has 0 fully saturated rings. The van der Waals surface area contributed by atoms with E-state index in [-0.39, 0.29) is 0 Å². The molecule has 0 saturated heterocycles. The predicted molar refractivity (Wildman–Crippen MR) is 50.1 cm³/mol. The van der Waals surface area contributed by atoms with E-state index >= 15 is 0 Å². The zero-order valence-electron chi connectivity index (χ0n) is 7.47. The molecular formula is C8H18O2S. The third-order valence-electron chi connectivity index (χ3n) is 1.24. The van der Waals surface area contributed by atoms with E-state index in [2.05, 4.69) is 13.2 Å². The second-order valence-corrected chi connectivity index (χ2v) is 3.27. The van der Waals surface area contributed by atoms with Gasteiger partial charge in [-0.1, -0.05) is 13.3 Å². The quantitative estimate of drug-likeness (QED) is 0.419. The van der Waals surface area contributed by atoms with Crippen molar-refractivity contribution < 1.29 is 9.47 Å². The molecule has 0 bridgehead atoms. The smallest absolute Gasteiger partial charge is 0.146 e. The monoisotopic (exact) mass is 178 g/mol. The minimum atomic E-state index is 0.459. The van der Waals surface area contributed by atoms with Gasteiger partial charge in [0.25, 0.3) is 0 Å². The molecule has 0 saturated carbocycles. The van der Waals surface area contributed by atoms with Crippen molar-refractivity contribution in [2.75, 3.05) is 32.0 Å². The maximum absolute atomic E-state index is 5.19. The normalized spacial score (nSPS) is 10.4. The van der Waals surface area contributed by atoms with Crippen LogP contribution in [0.2, 0.25) is 0 Å². The molecule has 0 aromatic rings. The molecule has 0 rings (SSSR count). The Kier molecular flexibility index (Phi) is 10.5. The molecule has 3 heteroatoms. The van der Waals surface area contributed by atoms with Crippen molar-refractivity contribution >= 4 is 11.8 Å². The highest BCUT2D eigenvalue weighted by molar-refractivity contribution is 7.98. The molecule has 0 aromatic heterocycles. The lowest BCUT2D eigenvalue weighted by Crippen LogP contribution is -2.03. The van der Waals surface area contributed by atoms with Gasteiger partial charge in [0.05, 0.1) is 6.61 Å². The first-order valence-electron chi connectivity index (χ1n) is 4.06. The van der Waals surface area contributed by atoms with Crippen LogP contribution in [0.1, 0.15) is 19.8 Å².